The summed E-state index contributed by atoms with van der Waals surface area (Å²) in [6.45, 7) is 0.857. The molecule has 4 heteroatoms. The molecule has 0 saturated heterocycles. The van der Waals surface area contributed by atoms with Gasteiger partial charge in [-0.25, -0.2) is 0 Å². The average Bonchev–Trinajstić information content (AvgIpc) is 2.80. The maximum atomic E-state index is 6.19. The lowest BCUT2D eigenvalue weighted by molar-refractivity contribution is 0.621. The Morgan fingerprint density at radius 1 is 1.38 bits per heavy atom. The van der Waals surface area contributed by atoms with Crippen LogP contribution in [0.2, 0.25) is 5.02 Å². The van der Waals surface area contributed by atoms with Gasteiger partial charge in [-0.2, -0.15) is 0 Å². The Morgan fingerprint density at radius 3 is 2.75 bits per heavy atom. The van der Waals surface area contributed by atoms with Crippen LogP contribution < -0.4 is 4.90 Å². The number of pyridine rings is 1. The highest BCUT2D eigenvalue weighted by Gasteiger charge is 2.23. The first-order valence-corrected chi connectivity index (χ1v) is 6.66. The van der Waals surface area contributed by atoms with Crippen LogP contribution in [-0.4, -0.2) is 23.5 Å². The zero-order valence-corrected chi connectivity index (χ0v) is 10.7. The summed E-state index contributed by atoms with van der Waals surface area (Å²) in [6.07, 6.45) is 8.61. The van der Waals surface area contributed by atoms with E-state index in [1.54, 1.807) is 12.4 Å². The molecular weight excluding hydrogens is 243 g/mol. The molecule has 0 radical (unpaired) electrons. The topological polar surface area (TPSA) is 16.1 Å². The Hall–Kier alpha value is -0.470. The summed E-state index contributed by atoms with van der Waals surface area (Å²) in [5, 5.41) is 0.722. The number of anilines is 1. The van der Waals surface area contributed by atoms with Gasteiger partial charge in [0.15, 0.2) is 0 Å². The summed E-state index contributed by atoms with van der Waals surface area (Å²) < 4.78 is 0. The van der Waals surface area contributed by atoms with Crippen molar-refractivity contribution in [2.24, 2.45) is 0 Å². The third-order valence-electron chi connectivity index (χ3n) is 3.15. The molecule has 1 heterocycles. The first-order chi connectivity index (χ1) is 7.83. The minimum atomic E-state index is 0.596. The fourth-order valence-corrected chi connectivity index (χ4v) is 2.82. The number of aromatic nitrogens is 1. The minimum absolute atomic E-state index is 0.596. The second kappa shape index (κ2) is 5.74. The van der Waals surface area contributed by atoms with Gasteiger partial charge in [-0.3, -0.25) is 4.98 Å². The number of hydrogen-bond donors (Lipinski definition) is 0. The van der Waals surface area contributed by atoms with E-state index >= 15 is 0 Å². The molecule has 0 N–H and O–H groups in total. The maximum Gasteiger partial charge on any atom is 0.0822 e. The van der Waals surface area contributed by atoms with Gasteiger partial charge >= 0.3 is 0 Å². The summed E-state index contributed by atoms with van der Waals surface area (Å²) in [7, 11) is 0. The first kappa shape index (κ1) is 12.0. The van der Waals surface area contributed by atoms with Gasteiger partial charge in [-0.15, -0.1) is 11.6 Å². The minimum Gasteiger partial charge on any atom is -0.366 e. The highest BCUT2D eigenvalue weighted by atomic mass is 35.5. The van der Waals surface area contributed by atoms with Crippen molar-refractivity contribution < 1.29 is 0 Å². The van der Waals surface area contributed by atoms with Gasteiger partial charge in [-0.05, 0) is 18.9 Å². The molecule has 0 aliphatic heterocycles. The van der Waals surface area contributed by atoms with E-state index < -0.39 is 0 Å². The lowest BCUT2D eigenvalue weighted by Crippen LogP contribution is -2.35. The van der Waals surface area contributed by atoms with Crippen LogP contribution in [0.25, 0.3) is 0 Å². The van der Waals surface area contributed by atoms with E-state index in [1.807, 2.05) is 6.07 Å². The zero-order chi connectivity index (χ0) is 11.4. The molecule has 88 valence electrons. The van der Waals surface area contributed by atoms with E-state index in [2.05, 4.69) is 9.88 Å². The lowest BCUT2D eigenvalue weighted by Gasteiger charge is -2.31. The van der Waals surface area contributed by atoms with E-state index in [0.717, 1.165) is 17.3 Å². The predicted molar refractivity (Wildman–Crippen MR) is 69.6 cm³/mol. The molecule has 0 bridgehead atoms. The third-order valence-corrected chi connectivity index (χ3v) is 3.61. The van der Waals surface area contributed by atoms with E-state index in [0.29, 0.717) is 11.9 Å². The Bertz CT molecular complexity index is 338. The van der Waals surface area contributed by atoms with Crippen molar-refractivity contribution in [3.05, 3.63) is 23.5 Å². The van der Waals surface area contributed by atoms with E-state index in [-0.39, 0.29) is 0 Å². The molecule has 2 rings (SSSR count). The van der Waals surface area contributed by atoms with Crippen LogP contribution >= 0.6 is 23.2 Å². The van der Waals surface area contributed by atoms with Crippen molar-refractivity contribution in [3.8, 4) is 0 Å². The second-order valence-electron chi connectivity index (χ2n) is 4.15. The second-order valence-corrected chi connectivity index (χ2v) is 4.93. The van der Waals surface area contributed by atoms with Crippen LogP contribution in [0.1, 0.15) is 25.7 Å². The van der Waals surface area contributed by atoms with Crippen LogP contribution in [0.3, 0.4) is 0 Å². The molecule has 16 heavy (non-hydrogen) atoms. The summed E-state index contributed by atoms with van der Waals surface area (Å²) in [4.78, 5) is 6.36. The first-order valence-electron chi connectivity index (χ1n) is 5.75. The SMILES string of the molecule is ClCCN(c1ccncc1Cl)C1CCCC1. The molecule has 2 nitrogen and oxygen atoms in total. The predicted octanol–water partition coefficient (Wildman–Crippen LogP) is 3.72. The average molecular weight is 259 g/mol. The molecule has 0 amide bonds. The van der Waals surface area contributed by atoms with E-state index in [4.69, 9.17) is 23.2 Å². The highest BCUT2D eigenvalue weighted by molar-refractivity contribution is 6.33. The van der Waals surface area contributed by atoms with Gasteiger partial charge in [0.05, 0.1) is 10.7 Å². The fraction of sp³-hybridized carbons (Fsp3) is 0.583. The van der Waals surface area contributed by atoms with Crippen molar-refractivity contribution >= 4 is 28.9 Å². The van der Waals surface area contributed by atoms with Crippen molar-refractivity contribution in [2.75, 3.05) is 17.3 Å². The monoisotopic (exact) mass is 258 g/mol. The summed E-state index contributed by atoms with van der Waals surface area (Å²) >= 11 is 12.1. The molecule has 0 aromatic carbocycles. The molecule has 0 atom stereocenters. The molecule has 0 spiro atoms. The normalized spacial score (nSPS) is 16.6. The van der Waals surface area contributed by atoms with Crippen molar-refractivity contribution in [2.45, 2.75) is 31.7 Å². The number of nitrogens with zero attached hydrogens (tertiary/aromatic N) is 2. The molecule has 1 aromatic heterocycles. The number of rotatable bonds is 4. The van der Waals surface area contributed by atoms with Crippen molar-refractivity contribution in [1.82, 2.24) is 4.98 Å². The smallest absolute Gasteiger partial charge is 0.0822 e. The largest absolute Gasteiger partial charge is 0.366 e. The summed E-state index contributed by atoms with van der Waals surface area (Å²) in [6, 6.07) is 2.58. The van der Waals surface area contributed by atoms with Crippen molar-refractivity contribution in [3.63, 3.8) is 0 Å². The Kier molecular flexibility index (Phi) is 4.30. The van der Waals surface area contributed by atoms with Crippen LogP contribution in [0.4, 0.5) is 5.69 Å². The van der Waals surface area contributed by atoms with Gasteiger partial charge in [0.25, 0.3) is 0 Å². The number of halogens is 2. The standard InChI is InChI=1S/C12H16Cl2N2/c13-6-8-16(10-3-1-2-4-10)12-5-7-15-9-11(12)14/h5,7,9-10H,1-4,6,8H2. The zero-order valence-electron chi connectivity index (χ0n) is 9.20. The van der Waals surface area contributed by atoms with Crippen LogP contribution in [0.15, 0.2) is 18.5 Å². The fourth-order valence-electron chi connectivity index (χ4n) is 2.41. The van der Waals surface area contributed by atoms with E-state index in [9.17, 15) is 0 Å². The van der Waals surface area contributed by atoms with Gasteiger partial charge in [0.2, 0.25) is 0 Å². The van der Waals surface area contributed by atoms with Crippen LogP contribution in [0.5, 0.6) is 0 Å². The maximum absolute atomic E-state index is 6.19. The molecule has 1 fully saturated rings. The molecule has 0 unspecified atom stereocenters. The molecule has 1 aliphatic carbocycles. The van der Waals surface area contributed by atoms with Crippen LogP contribution in [0, 0.1) is 0 Å². The molecule has 1 aromatic rings. The van der Waals surface area contributed by atoms with Gasteiger partial charge in [0, 0.05) is 30.9 Å². The molecule has 1 saturated carbocycles. The third kappa shape index (κ3) is 2.61. The Labute approximate surface area is 107 Å². The number of alkyl halides is 1. The van der Waals surface area contributed by atoms with E-state index in [1.165, 1.54) is 25.7 Å². The Morgan fingerprint density at radius 2 is 2.12 bits per heavy atom. The van der Waals surface area contributed by atoms with Gasteiger partial charge in [0.1, 0.15) is 0 Å². The summed E-state index contributed by atoms with van der Waals surface area (Å²) in [5.41, 5.74) is 1.07. The summed E-state index contributed by atoms with van der Waals surface area (Å²) in [5.74, 6) is 0.634. The molecular formula is C12H16Cl2N2. The lowest BCUT2D eigenvalue weighted by atomic mass is 10.2. The van der Waals surface area contributed by atoms with Crippen LogP contribution in [-0.2, 0) is 0 Å². The number of hydrogen-bond acceptors (Lipinski definition) is 2. The molecule has 1 aliphatic rings. The highest BCUT2D eigenvalue weighted by Crippen LogP contribution is 2.32. The van der Waals surface area contributed by atoms with Crippen molar-refractivity contribution in [1.29, 1.82) is 0 Å². The quantitative estimate of drug-likeness (QED) is 0.766. The van der Waals surface area contributed by atoms with Gasteiger partial charge in [-0.1, -0.05) is 24.4 Å². The van der Waals surface area contributed by atoms with Gasteiger partial charge < -0.3 is 4.90 Å². The Balaban J connectivity index is 2.21.